The molecule has 1 aliphatic rings. The zero-order valence-corrected chi connectivity index (χ0v) is 11.4. The van der Waals surface area contributed by atoms with Crippen molar-refractivity contribution < 1.29 is 13.2 Å². The molecule has 0 saturated carbocycles. The predicted molar refractivity (Wildman–Crippen MR) is 69.6 cm³/mol. The minimum atomic E-state index is -4.34. The molecule has 1 aromatic carbocycles. The fourth-order valence-electron chi connectivity index (χ4n) is 3.10. The van der Waals surface area contributed by atoms with Gasteiger partial charge in [0.25, 0.3) is 0 Å². The van der Waals surface area contributed by atoms with Crippen LogP contribution in [0.15, 0.2) is 18.2 Å². The number of halogens is 4. The van der Waals surface area contributed by atoms with Crippen LogP contribution in [0.5, 0.6) is 0 Å². The third kappa shape index (κ3) is 1.76. The Morgan fingerprint density at radius 1 is 1.26 bits per heavy atom. The lowest BCUT2D eigenvalue weighted by Crippen LogP contribution is -2.21. The maximum Gasteiger partial charge on any atom is 0.418 e. The van der Waals surface area contributed by atoms with E-state index in [4.69, 9.17) is 11.6 Å². The van der Waals surface area contributed by atoms with Crippen LogP contribution >= 0.6 is 11.6 Å². The minimum absolute atomic E-state index is 0.211. The van der Waals surface area contributed by atoms with Crippen LogP contribution in [0.2, 0.25) is 5.02 Å². The van der Waals surface area contributed by atoms with Crippen molar-refractivity contribution in [2.45, 2.75) is 38.4 Å². The Morgan fingerprint density at radius 2 is 1.95 bits per heavy atom. The number of alkyl halides is 3. The number of rotatable bonds is 0. The third-order valence-corrected chi connectivity index (χ3v) is 4.12. The molecule has 2 heterocycles. The molecule has 1 aliphatic heterocycles. The molecule has 1 aromatic heterocycles. The number of aromatic nitrogens is 1. The van der Waals surface area contributed by atoms with Gasteiger partial charge in [0.15, 0.2) is 0 Å². The molecule has 0 spiro atoms. The summed E-state index contributed by atoms with van der Waals surface area (Å²) in [5.41, 5.74) is 0.199. The fourth-order valence-corrected chi connectivity index (χ4v) is 3.27. The van der Waals surface area contributed by atoms with E-state index in [1.54, 1.807) is 12.1 Å². The zero-order valence-electron chi connectivity index (χ0n) is 10.6. The molecule has 1 nitrogen and oxygen atoms in total. The normalized spacial score (nSPS) is 18.0. The van der Waals surface area contributed by atoms with Gasteiger partial charge in [-0.05, 0) is 44.9 Å². The fraction of sp³-hybridized carbons (Fsp3) is 0.429. The predicted octanol–water partition coefficient (Wildman–Crippen LogP) is 4.99. The van der Waals surface area contributed by atoms with Crippen LogP contribution in [0.25, 0.3) is 10.9 Å². The summed E-state index contributed by atoms with van der Waals surface area (Å²) < 4.78 is 41.8. The summed E-state index contributed by atoms with van der Waals surface area (Å²) in [6.07, 6.45) is -3.16. The highest BCUT2D eigenvalue weighted by Crippen LogP contribution is 2.46. The van der Waals surface area contributed by atoms with E-state index in [1.807, 2.05) is 18.4 Å². The standard InChI is InChI=1S/C14H13ClF3N/c1-13(2)6-5-11-12(14(16,17)18)9-7-8(15)3-4-10(9)19(11)13/h3-4,7H,5-6H2,1-2H3. The Morgan fingerprint density at radius 3 is 2.58 bits per heavy atom. The van der Waals surface area contributed by atoms with Gasteiger partial charge >= 0.3 is 6.18 Å². The van der Waals surface area contributed by atoms with Crippen LogP contribution in [0.1, 0.15) is 31.5 Å². The van der Waals surface area contributed by atoms with E-state index in [0.29, 0.717) is 22.7 Å². The first kappa shape index (κ1) is 12.9. The molecule has 0 amide bonds. The summed E-state index contributed by atoms with van der Waals surface area (Å²) in [7, 11) is 0. The first-order valence-electron chi connectivity index (χ1n) is 6.12. The lowest BCUT2D eigenvalue weighted by atomic mass is 10.00. The van der Waals surface area contributed by atoms with Crippen LogP contribution in [-0.2, 0) is 18.1 Å². The molecule has 0 aliphatic carbocycles. The molecule has 0 fully saturated rings. The molecule has 0 atom stereocenters. The lowest BCUT2D eigenvalue weighted by molar-refractivity contribution is -0.136. The summed E-state index contributed by atoms with van der Waals surface area (Å²) >= 11 is 5.86. The Kier molecular flexibility index (Phi) is 2.50. The van der Waals surface area contributed by atoms with Crippen molar-refractivity contribution in [1.29, 1.82) is 0 Å². The van der Waals surface area contributed by atoms with Gasteiger partial charge in [-0.25, -0.2) is 0 Å². The van der Waals surface area contributed by atoms with Crippen LogP contribution in [0.3, 0.4) is 0 Å². The van der Waals surface area contributed by atoms with E-state index < -0.39 is 11.7 Å². The highest BCUT2D eigenvalue weighted by Gasteiger charge is 2.43. The van der Waals surface area contributed by atoms with Gasteiger partial charge < -0.3 is 4.57 Å². The van der Waals surface area contributed by atoms with E-state index in [2.05, 4.69) is 0 Å². The van der Waals surface area contributed by atoms with Gasteiger partial charge in [-0.15, -0.1) is 0 Å². The second-order valence-electron chi connectivity index (χ2n) is 5.63. The summed E-state index contributed by atoms with van der Waals surface area (Å²) in [6, 6.07) is 4.75. The topological polar surface area (TPSA) is 4.93 Å². The van der Waals surface area contributed by atoms with Gasteiger partial charge in [-0.2, -0.15) is 13.2 Å². The lowest BCUT2D eigenvalue weighted by Gasteiger charge is -2.22. The van der Waals surface area contributed by atoms with Gasteiger partial charge in [0.1, 0.15) is 0 Å². The summed E-state index contributed by atoms with van der Waals surface area (Å²) in [4.78, 5) is 0. The molecule has 102 valence electrons. The van der Waals surface area contributed by atoms with Crippen molar-refractivity contribution in [1.82, 2.24) is 4.57 Å². The molecule has 0 bridgehead atoms. The molecule has 0 unspecified atom stereocenters. The summed E-state index contributed by atoms with van der Waals surface area (Å²) in [5.74, 6) is 0. The molecular formula is C14H13ClF3N. The summed E-state index contributed by atoms with van der Waals surface area (Å²) in [5, 5.41) is 0.544. The maximum absolute atomic E-state index is 13.3. The average molecular weight is 288 g/mol. The van der Waals surface area contributed by atoms with E-state index in [-0.39, 0.29) is 10.9 Å². The van der Waals surface area contributed by atoms with Crippen LogP contribution in [0.4, 0.5) is 13.2 Å². The van der Waals surface area contributed by atoms with Gasteiger partial charge in [0.2, 0.25) is 0 Å². The molecule has 19 heavy (non-hydrogen) atoms. The molecule has 0 N–H and O–H groups in total. The maximum atomic E-state index is 13.3. The number of fused-ring (bicyclic) bond motifs is 3. The highest BCUT2D eigenvalue weighted by atomic mass is 35.5. The second kappa shape index (κ2) is 3.69. The molecule has 3 rings (SSSR count). The van der Waals surface area contributed by atoms with Crippen LogP contribution < -0.4 is 0 Å². The zero-order chi connectivity index (χ0) is 14.0. The molecular weight excluding hydrogens is 275 g/mol. The monoisotopic (exact) mass is 287 g/mol. The van der Waals surface area contributed by atoms with Crippen LogP contribution in [0, 0.1) is 0 Å². The van der Waals surface area contributed by atoms with Crippen molar-refractivity contribution in [3.05, 3.63) is 34.5 Å². The number of hydrogen-bond donors (Lipinski definition) is 0. The number of hydrogen-bond acceptors (Lipinski definition) is 0. The molecule has 0 saturated heterocycles. The summed E-state index contributed by atoms with van der Waals surface area (Å²) in [6.45, 7) is 3.94. The third-order valence-electron chi connectivity index (χ3n) is 3.89. The minimum Gasteiger partial charge on any atom is -0.338 e. The molecule has 5 heteroatoms. The van der Waals surface area contributed by atoms with E-state index >= 15 is 0 Å². The Balaban J connectivity index is 2.46. The van der Waals surface area contributed by atoms with Crippen molar-refractivity contribution in [3.63, 3.8) is 0 Å². The van der Waals surface area contributed by atoms with Gasteiger partial charge in [0.05, 0.1) is 5.56 Å². The van der Waals surface area contributed by atoms with E-state index in [1.165, 1.54) is 6.07 Å². The quantitative estimate of drug-likeness (QED) is 0.643. The van der Waals surface area contributed by atoms with Gasteiger partial charge in [0, 0.05) is 27.2 Å². The first-order chi connectivity index (χ1) is 8.72. The molecule has 2 aromatic rings. The average Bonchev–Trinajstić information content (AvgIpc) is 2.73. The van der Waals surface area contributed by atoms with Crippen molar-refractivity contribution in [2.75, 3.05) is 0 Å². The first-order valence-corrected chi connectivity index (χ1v) is 6.50. The van der Waals surface area contributed by atoms with Crippen LogP contribution in [-0.4, -0.2) is 4.57 Å². The Labute approximate surface area is 114 Å². The largest absolute Gasteiger partial charge is 0.418 e. The van der Waals surface area contributed by atoms with Gasteiger partial charge in [-0.3, -0.25) is 0 Å². The second-order valence-corrected chi connectivity index (χ2v) is 6.07. The van der Waals surface area contributed by atoms with E-state index in [0.717, 1.165) is 6.42 Å². The number of benzene rings is 1. The van der Waals surface area contributed by atoms with Crippen molar-refractivity contribution >= 4 is 22.5 Å². The van der Waals surface area contributed by atoms with Gasteiger partial charge in [-0.1, -0.05) is 11.6 Å². The van der Waals surface area contributed by atoms with Crippen molar-refractivity contribution in [2.24, 2.45) is 0 Å². The SMILES string of the molecule is CC1(C)CCc2c(C(F)(F)F)c3cc(Cl)ccc3n21. The molecule has 0 radical (unpaired) electrons. The number of nitrogens with zero attached hydrogens (tertiary/aromatic N) is 1. The van der Waals surface area contributed by atoms with E-state index in [9.17, 15) is 13.2 Å². The Bertz CT molecular complexity index is 667. The Hall–Kier alpha value is -1.16. The van der Waals surface area contributed by atoms with Crippen molar-refractivity contribution in [3.8, 4) is 0 Å². The highest BCUT2D eigenvalue weighted by molar-refractivity contribution is 6.31. The smallest absolute Gasteiger partial charge is 0.338 e.